The lowest BCUT2D eigenvalue weighted by atomic mass is 9.98. The molecule has 5 nitrogen and oxygen atoms in total. The molecule has 0 spiro atoms. The van der Waals surface area contributed by atoms with E-state index in [-0.39, 0.29) is 5.91 Å². The fourth-order valence-corrected chi connectivity index (χ4v) is 5.41. The van der Waals surface area contributed by atoms with E-state index in [1.54, 1.807) is 0 Å². The SMILES string of the molecule is C[C@@H]1CCC[C@@H](C)N1C(=O)CSc1nnc(Cc2ccccc2)n1CCc1ccccc1. The number of aryl methyl sites for hydroxylation is 1. The minimum Gasteiger partial charge on any atom is -0.337 e. The van der Waals surface area contributed by atoms with E-state index in [1.807, 2.05) is 12.1 Å². The highest BCUT2D eigenvalue weighted by Gasteiger charge is 2.29. The van der Waals surface area contributed by atoms with Gasteiger partial charge in [0.1, 0.15) is 5.82 Å². The van der Waals surface area contributed by atoms with Crippen molar-refractivity contribution in [1.82, 2.24) is 19.7 Å². The Morgan fingerprint density at radius 3 is 2.22 bits per heavy atom. The zero-order valence-electron chi connectivity index (χ0n) is 19.0. The number of likely N-dealkylation sites (tertiary alicyclic amines) is 1. The van der Waals surface area contributed by atoms with Crippen molar-refractivity contribution in [2.24, 2.45) is 0 Å². The lowest BCUT2D eigenvalue weighted by Gasteiger charge is -2.39. The van der Waals surface area contributed by atoms with Gasteiger partial charge in [0.15, 0.2) is 5.16 Å². The number of piperidine rings is 1. The van der Waals surface area contributed by atoms with Crippen LogP contribution in [0.25, 0.3) is 0 Å². The van der Waals surface area contributed by atoms with Crippen molar-refractivity contribution < 1.29 is 4.79 Å². The van der Waals surface area contributed by atoms with Crippen molar-refractivity contribution in [2.75, 3.05) is 5.75 Å². The van der Waals surface area contributed by atoms with Crippen molar-refractivity contribution >= 4 is 17.7 Å². The molecule has 4 rings (SSSR count). The Balaban J connectivity index is 1.49. The summed E-state index contributed by atoms with van der Waals surface area (Å²) in [6, 6.07) is 21.5. The number of aromatic nitrogens is 3. The number of benzene rings is 2. The van der Waals surface area contributed by atoms with E-state index in [0.717, 1.165) is 43.2 Å². The number of carbonyl (C=O) groups excluding carboxylic acids is 1. The van der Waals surface area contributed by atoms with Crippen molar-refractivity contribution in [1.29, 1.82) is 0 Å². The maximum absolute atomic E-state index is 13.0. The zero-order valence-corrected chi connectivity index (χ0v) is 19.8. The number of carbonyl (C=O) groups is 1. The number of rotatable bonds is 8. The Morgan fingerprint density at radius 2 is 1.56 bits per heavy atom. The van der Waals surface area contributed by atoms with Crippen molar-refractivity contribution in [3.63, 3.8) is 0 Å². The molecule has 168 valence electrons. The fraction of sp³-hybridized carbons (Fsp3) is 0.423. The Labute approximate surface area is 195 Å². The summed E-state index contributed by atoms with van der Waals surface area (Å²) in [5.74, 6) is 1.56. The highest BCUT2D eigenvalue weighted by molar-refractivity contribution is 7.99. The predicted molar refractivity (Wildman–Crippen MR) is 130 cm³/mol. The van der Waals surface area contributed by atoms with Crippen LogP contribution in [0.4, 0.5) is 0 Å². The Morgan fingerprint density at radius 1 is 0.938 bits per heavy atom. The van der Waals surface area contributed by atoms with E-state index in [0.29, 0.717) is 17.8 Å². The topological polar surface area (TPSA) is 51.0 Å². The van der Waals surface area contributed by atoms with Crippen LogP contribution in [0.15, 0.2) is 65.8 Å². The number of hydrogen-bond donors (Lipinski definition) is 0. The van der Waals surface area contributed by atoms with E-state index < -0.39 is 0 Å². The molecule has 1 amide bonds. The van der Waals surface area contributed by atoms with Gasteiger partial charge in [-0.15, -0.1) is 10.2 Å². The van der Waals surface area contributed by atoms with E-state index in [4.69, 9.17) is 0 Å². The van der Waals surface area contributed by atoms with Crippen LogP contribution in [-0.4, -0.2) is 43.4 Å². The van der Waals surface area contributed by atoms with Gasteiger partial charge in [-0.1, -0.05) is 72.4 Å². The maximum atomic E-state index is 13.0. The Bertz CT molecular complexity index is 995. The highest BCUT2D eigenvalue weighted by atomic mass is 32.2. The van der Waals surface area contributed by atoms with Crippen LogP contribution in [0, 0.1) is 0 Å². The molecule has 2 aromatic carbocycles. The minimum atomic E-state index is 0.205. The zero-order chi connectivity index (χ0) is 22.3. The number of amides is 1. The van der Waals surface area contributed by atoms with Gasteiger partial charge in [0.2, 0.25) is 5.91 Å². The first-order valence-electron chi connectivity index (χ1n) is 11.6. The summed E-state index contributed by atoms with van der Waals surface area (Å²) in [5, 5.41) is 9.83. The fourth-order valence-electron chi connectivity index (χ4n) is 4.56. The molecule has 0 unspecified atom stereocenters. The molecule has 1 aromatic heterocycles. The summed E-state index contributed by atoms with van der Waals surface area (Å²) in [5.41, 5.74) is 2.50. The van der Waals surface area contributed by atoms with Crippen LogP contribution >= 0.6 is 11.8 Å². The molecular weight excluding hydrogens is 416 g/mol. The van der Waals surface area contributed by atoms with Gasteiger partial charge in [0.25, 0.3) is 0 Å². The van der Waals surface area contributed by atoms with E-state index in [9.17, 15) is 4.79 Å². The summed E-state index contributed by atoms with van der Waals surface area (Å²) in [4.78, 5) is 15.1. The Hall–Kier alpha value is -2.60. The molecule has 2 atom stereocenters. The van der Waals surface area contributed by atoms with Crippen LogP contribution < -0.4 is 0 Å². The largest absolute Gasteiger partial charge is 0.337 e. The van der Waals surface area contributed by atoms with Crippen molar-refractivity contribution in [2.45, 2.75) is 69.7 Å². The first-order valence-corrected chi connectivity index (χ1v) is 12.5. The van der Waals surface area contributed by atoms with Gasteiger partial charge in [-0.2, -0.15) is 0 Å². The van der Waals surface area contributed by atoms with Crippen molar-refractivity contribution in [3.05, 3.63) is 77.6 Å². The summed E-state index contributed by atoms with van der Waals surface area (Å²) >= 11 is 1.52. The second kappa shape index (κ2) is 10.8. The molecule has 6 heteroatoms. The molecule has 0 aliphatic carbocycles. The lowest BCUT2D eigenvalue weighted by Crippen LogP contribution is -2.48. The van der Waals surface area contributed by atoms with Crippen LogP contribution in [0.3, 0.4) is 0 Å². The van der Waals surface area contributed by atoms with Gasteiger partial charge in [0.05, 0.1) is 5.75 Å². The standard InChI is InChI=1S/C26H32N4OS/c1-20-10-9-11-21(2)30(20)25(31)19-32-26-28-27-24(18-23-14-7-4-8-15-23)29(26)17-16-22-12-5-3-6-13-22/h3-8,12-15,20-21H,9-11,16-19H2,1-2H3/t20-,21-/m1/s1. The normalized spacial score (nSPS) is 18.6. The molecule has 1 aliphatic rings. The molecule has 0 radical (unpaired) electrons. The summed E-state index contributed by atoms with van der Waals surface area (Å²) in [6.07, 6.45) is 5.03. The molecular formula is C26H32N4OS. The molecule has 1 aliphatic heterocycles. The van der Waals surface area contributed by atoms with Crippen molar-refractivity contribution in [3.8, 4) is 0 Å². The first kappa shape index (κ1) is 22.6. The lowest BCUT2D eigenvalue weighted by molar-refractivity contribution is -0.134. The van der Waals surface area contributed by atoms with Gasteiger partial charge in [-0.25, -0.2) is 0 Å². The molecule has 0 N–H and O–H groups in total. The molecule has 32 heavy (non-hydrogen) atoms. The first-order chi connectivity index (χ1) is 15.6. The highest BCUT2D eigenvalue weighted by Crippen LogP contribution is 2.25. The quantitative estimate of drug-likeness (QED) is 0.456. The molecule has 2 heterocycles. The third-order valence-corrected chi connectivity index (χ3v) is 7.22. The Kier molecular flexibility index (Phi) is 7.63. The van der Waals surface area contributed by atoms with E-state index in [1.165, 1.54) is 29.3 Å². The van der Waals surface area contributed by atoms with Crippen LogP contribution in [0.1, 0.15) is 50.1 Å². The maximum Gasteiger partial charge on any atom is 0.233 e. The molecule has 0 bridgehead atoms. The van der Waals surface area contributed by atoms with Gasteiger partial charge in [-0.05, 0) is 50.7 Å². The second-order valence-corrected chi connectivity index (χ2v) is 9.61. The molecule has 1 saturated heterocycles. The summed E-state index contributed by atoms with van der Waals surface area (Å²) in [6.45, 7) is 5.13. The summed E-state index contributed by atoms with van der Waals surface area (Å²) in [7, 11) is 0. The average molecular weight is 449 g/mol. The molecule has 1 fully saturated rings. The number of thioether (sulfide) groups is 1. The third kappa shape index (κ3) is 5.60. The molecule has 3 aromatic rings. The second-order valence-electron chi connectivity index (χ2n) is 8.67. The third-order valence-electron chi connectivity index (χ3n) is 6.27. The minimum absolute atomic E-state index is 0.205. The van der Waals surface area contributed by atoms with Gasteiger partial charge in [0, 0.05) is 25.0 Å². The van der Waals surface area contributed by atoms with Crippen LogP contribution in [0.2, 0.25) is 0 Å². The number of nitrogens with zero attached hydrogens (tertiary/aromatic N) is 4. The smallest absolute Gasteiger partial charge is 0.233 e. The number of hydrogen-bond acceptors (Lipinski definition) is 4. The molecule has 0 saturated carbocycles. The predicted octanol–water partition coefficient (Wildman–Crippen LogP) is 4.99. The van der Waals surface area contributed by atoms with Gasteiger partial charge in [-0.3, -0.25) is 4.79 Å². The van der Waals surface area contributed by atoms with Gasteiger partial charge >= 0.3 is 0 Å². The van der Waals surface area contributed by atoms with Crippen LogP contribution in [-0.2, 0) is 24.2 Å². The van der Waals surface area contributed by atoms with Gasteiger partial charge < -0.3 is 9.47 Å². The van der Waals surface area contributed by atoms with Crippen LogP contribution in [0.5, 0.6) is 0 Å². The van der Waals surface area contributed by atoms with E-state index >= 15 is 0 Å². The monoisotopic (exact) mass is 448 g/mol. The average Bonchev–Trinajstić information content (AvgIpc) is 3.18. The van der Waals surface area contributed by atoms with E-state index in [2.05, 4.69) is 82.0 Å². The summed E-state index contributed by atoms with van der Waals surface area (Å²) < 4.78 is 2.20.